The molecule has 3 heteroatoms. The summed E-state index contributed by atoms with van der Waals surface area (Å²) in [5.41, 5.74) is 0. The summed E-state index contributed by atoms with van der Waals surface area (Å²) in [6.45, 7) is 4.49. The van der Waals surface area contributed by atoms with Crippen molar-refractivity contribution in [2.24, 2.45) is 0 Å². The summed E-state index contributed by atoms with van der Waals surface area (Å²) in [7, 11) is 1.08. The van der Waals surface area contributed by atoms with E-state index in [-0.39, 0.29) is 5.82 Å². The quantitative estimate of drug-likeness (QED) is 0.506. The van der Waals surface area contributed by atoms with E-state index in [0.717, 1.165) is 13.7 Å². The maximum atomic E-state index is 9.60. The fraction of sp³-hybridized carbons (Fsp3) is 1.00. The third-order valence-electron chi connectivity index (χ3n) is 2.34. The minimum absolute atomic E-state index is 0.273. The Labute approximate surface area is 62.8 Å². The third kappa shape index (κ3) is 1.73. The van der Waals surface area contributed by atoms with E-state index < -0.39 is 5.79 Å². The van der Waals surface area contributed by atoms with Crippen molar-refractivity contribution >= 4 is 7.28 Å². The standard InChI is InChI=1S/C7H15BO2/c1-6-7(2,9)10-5-3-4-8-6/h6,8-9H,3-5H2,1-2H3. The van der Waals surface area contributed by atoms with Crippen molar-refractivity contribution in [3.05, 3.63) is 0 Å². The lowest BCUT2D eigenvalue weighted by molar-refractivity contribution is -0.187. The lowest BCUT2D eigenvalue weighted by Gasteiger charge is -2.27. The first-order valence-electron chi connectivity index (χ1n) is 3.99. The first-order chi connectivity index (χ1) is 4.63. The minimum atomic E-state index is -0.878. The molecule has 1 saturated heterocycles. The topological polar surface area (TPSA) is 29.5 Å². The predicted molar refractivity (Wildman–Crippen MR) is 42.6 cm³/mol. The zero-order valence-corrected chi connectivity index (χ0v) is 6.76. The molecule has 1 heterocycles. The Balaban J connectivity index is 2.52. The van der Waals surface area contributed by atoms with Crippen LogP contribution in [0.25, 0.3) is 0 Å². The molecule has 2 unspecified atom stereocenters. The molecule has 1 fully saturated rings. The zero-order chi connectivity index (χ0) is 7.61. The maximum Gasteiger partial charge on any atom is 0.158 e. The molecule has 0 aromatic rings. The Hall–Kier alpha value is -0.0151. The van der Waals surface area contributed by atoms with Crippen LogP contribution in [0.5, 0.6) is 0 Å². The van der Waals surface area contributed by atoms with Crippen molar-refractivity contribution in [3.63, 3.8) is 0 Å². The average Bonchev–Trinajstić information content (AvgIpc) is 1.96. The lowest BCUT2D eigenvalue weighted by atomic mass is 9.59. The first kappa shape index (κ1) is 8.09. The van der Waals surface area contributed by atoms with Crippen LogP contribution < -0.4 is 0 Å². The van der Waals surface area contributed by atoms with E-state index in [0.29, 0.717) is 6.61 Å². The zero-order valence-electron chi connectivity index (χ0n) is 6.76. The summed E-state index contributed by atoms with van der Waals surface area (Å²) < 4.78 is 5.26. The number of rotatable bonds is 0. The molecule has 2 nitrogen and oxygen atoms in total. The van der Waals surface area contributed by atoms with Gasteiger partial charge in [0.25, 0.3) is 0 Å². The van der Waals surface area contributed by atoms with Crippen LogP contribution >= 0.6 is 0 Å². The molecule has 10 heavy (non-hydrogen) atoms. The smallest absolute Gasteiger partial charge is 0.158 e. The highest BCUT2D eigenvalue weighted by Crippen LogP contribution is 2.27. The van der Waals surface area contributed by atoms with Crippen molar-refractivity contribution in [2.75, 3.05) is 6.61 Å². The average molecular weight is 142 g/mol. The molecule has 2 atom stereocenters. The van der Waals surface area contributed by atoms with Gasteiger partial charge in [-0.3, -0.25) is 0 Å². The van der Waals surface area contributed by atoms with Crippen molar-refractivity contribution < 1.29 is 9.84 Å². The van der Waals surface area contributed by atoms with Crippen LogP contribution in [0.1, 0.15) is 20.3 Å². The molecule has 0 spiro atoms. The van der Waals surface area contributed by atoms with Gasteiger partial charge in [0.2, 0.25) is 0 Å². The van der Waals surface area contributed by atoms with Crippen LogP contribution in [-0.2, 0) is 4.74 Å². The molecular weight excluding hydrogens is 127 g/mol. The van der Waals surface area contributed by atoms with Crippen molar-refractivity contribution in [3.8, 4) is 0 Å². The molecule has 0 saturated carbocycles. The summed E-state index contributed by atoms with van der Waals surface area (Å²) >= 11 is 0. The number of hydrogen-bond acceptors (Lipinski definition) is 2. The van der Waals surface area contributed by atoms with Gasteiger partial charge in [0.15, 0.2) is 5.79 Å². The molecule has 0 bridgehead atoms. The summed E-state index contributed by atoms with van der Waals surface area (Å²) in [4.78, 5) is 0. The largest absolute Gasteiger partial charge is 0.366 e. The summed E-state index contributed by atoms with van der Waals surface area (Å²) in [5.74, 6) is -0.605. The Bertz CT molecular complexity index is 114. The normalized spacial score (nSPS) is 42.1. The molecule has 0 aromatic heterocycles. The van der Waals surface area contributed by atoms with E-state index in [4.69, 9.17) is 4.74 Å². The van der Waals surface area contributed by atoms with Crippen molar-refractivity contribution in [2.45, 2.75) is 38.2 Å². The molecular formula is C7H15BO2. The monoisotopic (exact) mass is 142 g/mol. The maximum absolute atomic E-state index is 9.60. The molecule has 1 aliphatic heterocycles. The van der Waals surface area contributed by atoms with Crippen LogP contribution in [0.4, 0.5) is 0 Å². The second-order valence-electron chi connectivity index (χ2n) is 3.30. The van der Waals surface area contributed by atoms with E-state index in [1.807, 2.05) is 6.92 Å². The van der Waals surface area contributed by atoms with Gasteiger partial charge in [-0.15, -0.1) is 0 Å². The van der Waals surface area contributed by atoms with Crippen LogP contribution in [0.3, 0.4) is 0 Å². The second kappa shape index (κ2) is 2.93. The van der Waals surface area contributed by atoms with E-state index in [2.05, 4.69) is 0 Å². The number of hydrogen-bond donors (Lipinski definition) is 1. The van der Waals surface area contributed by atoms with Crippen molar-refractivity contribution in [1.29, 1.82) is 0 Å². The molecule has 0 radical (unpaired) electrons. The van der Waals surface area contributed by atoms with E-state index in [1.165, 1.54) is 6.32 Å². The Kier molecular flexibility index (Phi) is 2.37. The Morgan fingerprint density at radius 2 is 2.40 bits per heavy atom. The van der Waals surface area contributed by atoms with Gasteiger partial charge < -0.3 is 9.84 Å². The van der Waals surface area contributed by atoms with E-state index in [9.17, 15) is 5.11 Å². The van der Waals surface area contributed by atoms with Gasteiger partial charge in [0.1, 0.15) is 7.28 Å². The SMILES string of the molecule is CC1BCCCOC1(C)O. The molecule has 0 aliphatic carbocycles. The minimum Gasteiger partial charge on any atom is -0.366 e. The highest BCUT2D eigenvalue weighted by Gasteiger charge is 2.30. The van der Waals surface area contributed by atoms with Crippen LogP contribution in [0, 0.1) is 0 Å². The predicted octanol–water partition coefficient (Wildman–Crippen LogP) is 0.778. The summed E-state index contributed by atoms with van der Waals surface area (Å²) in [6, 6.07) is 0. The van der Waals surface area contributed by atoms with E-state index >= 15 is 0 Å². The molecule has 0 amide bonds. The van der Waals surface area contributed by atoms with Crippen molar-refractivity contribution in [1.82, 2.24) is 0 Å². The van der Waals surface area contributed by atoms with Crippen LogP contribution in [0.2, 0.25) is 12.1 Å². The van der Waals surface area contributed by atoms with Gasteiger partial charge in [0.05, 0.1) is 0 Å². The van der Waals surface area contributed by atoms with Gasteiger partial charge in [-0.1, -0.05) is 13.2 Å². The first-order valence-corrected chi connectivity index (χ1v) is 3.99. The van der Waals surface area contributed by atoms with Crippen LogP contribution in [0.15, 0.2) is 0 Å². The Morgan fingerprint density at radius 3 is 3.10 bits per heavy atom. The molecule has 1 N–H and O–H groups in total. The third-order valence-corrected chi connectivity index (χ3v) is 2.34. The number of ether oxygens (including phenoxy) is 1. The molecule has 1 aliphatic rings. The molecule has 0 aromatic carbocycles. The van der Waals surface area contributed by atoms with Crippen LogP contribution in [-0.4, -0.2) is 24.8 Å². The summed E-state index contributed by atoms with van der Waals surface area (Å²) in [6.07, 6.45) is 2.26. The van der Waals surface area contributed by atoms with Gasteiger partial charge in [0, 0.05) is 6.61 Å². The lowest BCUT2D eigenvalue weighted by Crippen LogP contribution is -2.33. The molecule has 1 rings (SSSR count). The van der Waals surface area contributed by atoms with Gasteiger partial charge >= 0.3 is 0 Å². The summed E-state index contributed by atoms with van der Waals surface area (Å²) in [5, 5.41) is 9.60. The Morgan fingerprint density at radius 1 is 1.70 bits per heavy atom. The highest BCUT2D eigenvalue weighted by atomic mass is 16.6. The van der Waals surface area contributed by atoms with E-state index in [1.54, 1.807) is 6.92 Å². The molecule has 58 valence electrons. The van der Waals surface area contributed by atoms with Gasteiger partial charge in [-0.05, 0) is 19.2 Å². The fourth-order valence-electron chi connectivity index (χ4n) is 1.24. The number of aliphatic hydroxyl groups is 1. The highest BCUT2D eigenvalue weighted by molar-refractivity contribution is 6.37. The van der Waals surface area contributed by atoms with Gasteiger partial charge in [-0.25, -0.2) is 0 Å². The van der Waals surface area contributed by atoms with Gasteiger partial charge in [-0.2, -0.15) is 0 Å². The second-order valence-corrected chi connectivity index (χ2v) is 3.30. The fourth-order valence-corrected chi connectivity index (χ4v) is 1.24.